The van der Waals surface area contributed by atoms with E-state index in [2.05, 4.69) is 21.8 Å². The standard InChI is InChI=1S/C12H19N3O/c1-10-11(9-16)3-4-12(13-10)15-7-5-14(2)6-8-15/h3-4,16H,5-9H2,1-2H3. The van der Waals surface area contributed by atoms with Crippen molar-refractivity contribution in [3.63, 3.8) is 0 Å². The number of aryl methyl sites for hydroxylation is 1. The van der Waals surface area contributed by atoms with Crippen molar-refractivity contribution in [3.8, 4) is 0 Å². The molecule has 0 atom stereocenters. The Kier molecular flexibility index (Phi) is 3.41. The van der Waals surface area contributed by atoms with Gasteiger partial charge >= 0.3 is 0 Å². The number of rotatable bonds is 2. The molecule has 1 aromatic heterocycles. The molecule has 1 aromatic rings. The monoisotopic (exact) mass is 221 g/mol. The van der Waals surface area contributed by atoms with E-state index < -0.39 is 0 Å². The summed E-state index contributed by atoms with van der Waals surface area (Å²) >= 11 is 0. The second kappa shape index (κ2) is 4.80. The first-order valence-corrected chi connectivity index (χ1v) is 5.71. The highest BCUT2D eigenvalue weighted by Crippen LogP contribution is 2.16. The summed E-state index contributed by atoms with van der Waals surface area (Å²) in [5.41, 5.74) is 1.84. The molecule has 0 bridgehead atoms. The van der Waals surface area contributed by atoms with Crippen molar-refractivity contribution < 1.29 is 5.11 Å². The molecule has 16 heavy (non-hydrogen) atoms. The Morgan fingerprint density at radius 3 is 2.50 bits per heavy atom. The molecular weight excluding hydrogens is 202 g/mol. The van der Waals surface area contributed by atoms with Crippen LogP contribution in [0.15, 0.2) is 12.1 Å². The van der Waals surface area contributed by atoms with Gasteiger partial charge < -0.3 is 14.9 Å². The molecule has 1 N–H and O–H groups in total. The molecule has 0 aromatic carbocycles. The maximum absolute atomic E-state index is 9.09. The van der Waals surface area contributed by atoms with Crippen LogP contribution in [-0.2, 0) is 6.61 Å². The van der Waals surface area contributed by atoms with E-state index in [9.17, 15) is 0 Å². The van der Waals surface area contributed by atoms with Gasteiger partial charge in [0.25, 0.3) is 0 Å². The molecule has 0 spiro atoms. The van der Waals surface area contributed by atoms with E-state index in [-0.39, 0.29) is 6.61 Å². The topological polar surface area (TPSA) is 39.6 Å². The van der Waals surface area contributed by atoms with Crippen molar-refractivity contribution in [2.75, 3.05) is 38.1 Å². The summed E-state index contributed by atoms with van der Waals surface area (Å²) in [5.74, 6) is 1.03. The third-order valence-electron chi connectivity index (χ3n) is 3.18. The van der Waals surface area contributed by atoms with Crippen molar-refractivity contribution in [1.82, 2.24) is 9.88 Å². The minimum absolute atomic E-state index is 0.0713. The van der Waals surface area contributed by atoms with Crippen molar-refractivity contribution in [1.29, 1.82) is 0 Å². The lowest BCUT2D eigenvalue weighted by Crippen LogP contribution is -2.44. The van der Waals surface area contributed by atoms with Crippen LogP contribution in [0.2, 0.25) is 0 Å². The summed E-state index contributed by atoms with van der Waals surface area (Å²) in [6.45, 7) is 6.25. The number of aliphatic hydroxyl groups excluding tert-OH is 1. The first kappa shape index (κ1) is 11.4. The predicted molar refractivity (Wildman–Crippen MR) is 64.6 cm³/mol. The molecule has 4 heteroatoms. The maximum Gasteiger partial charge on any atom is 0.128 e. The summed E-state index contributed by atoms with van der Waals surface area (Å²) in [6, 6.07) is 3.97. The fraction of sp³-hybridized carbons (Fsp3) is 0.583. The molecule has 1 saturated heterocycles. The van der Waals surface area contributed by atoms with Gasteiger partial charge in [0.05, 0.1) is 6.61 Å². The number of aliphatic hydroxyl groups is 1. The van der Waals surface area contributed by atoms with Gasteiger partial charge in [0.1, 0.15) is 5.82 Å². The highest BCUT2D eigenvalue weighted by Gasteiger charge is 2.15. The van der Waals surface area contributed by atoms with Gasteiger partial charge in [0.15, 0.2) is 0 Å². The second-order valence-electron chi connectivity index (χ2n) is 4.36. The van der Waals surface area contributed by atoms with Crippen LogP contribution in [0.25, 0.3) is 0 Å². The predicted octanol–water partition coefficient (Wildman–Crippen LogP) is 0.634. The number of piperazine rings is 1. The first-order chi connectivity index (χ1) is 7.70. The molecular formula is C12H19N3O. The van der Waals surface area contributed by atoms with Crippen LogP contribution in [0, 0.1) is 6.92 Å². The first-order valence-electron chi connectivity index (χ1n) is 5.71. The highest BCUT2D eigenvalue weighted by molar-refractivity contribution is 5.42. The highest BCUT2D eigenvalue weighted by atomic mass is 16.3. The number of hydrogen-bond acceptors (Lipinski definition) is 4. The Bertz CT molecular complexity index is 359. The third kappa shape index (κ3) is 2.33. The van der Waals surface area contributed by atoms with E-state index >= 15 is 0 Å². The zero-order valence-electron chi connectivity index (χ0n) is 9.98. The molecule has 4 nitrogen and oxygen atoms in total. The van der Waals surface area contributed by atoms with Gasteiger partial charge in [-0.25, -0.2) is 4.98 Å². The minimum Gasteiger partial charge on any atom is -0.392 e. The number of likely N-dealkylation sites (N-methyl/N-ethyl adjacent to an activating group) is 1. The Morgan fingerprint density at radius 1 is 1.25 bits per heavy atom. The Balaban J connectivity index is 2.12. The maximum atomic E-state index is 9.09. The molecule has 2 heterocycles. The fourth-order valence-corrected chi connectivity index (χ4v) is 1.96. The SMILES string of the molecule is Cc1nc(N2CCN(C)CC2)ccc1CO. The van der Waals surface area contributed by atoms with E-state index in [1.807, 2.05) is 19.1 Å². The zero-order chi connectivity index (χ0) is 11.5. The second-order valence-corrected chi connectivity index (χ2v) is 4.36. The van der Waals surface area contributed by atoms with Crippen LogP contribution in [0.5, 0.6) is 0 Å². The molecule has 1 aliphatic rings. The van der Waals surface area contributed by atoms with Crippen LogP contribution < -0.4 is 4.90 Å². The number of pyridine rings is 1. The number of anilines is 1. The van der Waals surface area contributed by atoms with Gasteiger partial charge in [0.2, 0.25) is 0 Å². The van der Waals surface area contributed by atoms with Crippen LogP contribution in [0.3, 0.4) is 0 Å². The van der Waals surface area contributed by atoms with Gasteiger partial charge in [-0.3, -0.25) is 0 Å². The van der Waals surface area contributed by atoms with Crippen molar-refractivity contribution >= 4 is 5.82 Å². The third-order valence-corrected chi connectivity index (χ3v) is 3.18. The van der Waals surface area contributed by atoms with Crippen LogP contribution >= 0.6 is 0 Å². The normalized spacial score (nSPS) is 17.8. The van der Waals surface area contributed by atoms with Gasteiger partial charge in [-0.05, 0) is 25.6 Å². The fourth-order valence-electron chi connectivity index (χ4n) is 1.96. The number of hydrogen-bond donors (Lipinski definition) is 1. The summed E-state index contributed by atoms with van der Waals surface area (Å²) in [5, 5.41) is 9.09. The quantitative estimate of drug-likeness (QED) is 0.795. The largest absolute Gasteiger partial charge is 0.392 e. The molecule has 1 fully saturated rings. The molecule has 88 valence electrons. The van der Waals surface area contributed by atoms with Gasteiger partial charge in [-0.1, -0.05) is 6.07 Å². The molecule has 1 aliphatic heterocycles. The summed E-state index contributed by atoms with van der Waals surface area (Å²) in [6.07, 6.45) is 0. The molecule has 0 saturated carbocycles. The Hall–Kier alpha value is -1.13. The van der Waals surface area contributed by atoms with Crippen LogP contribution in [0.1, 0.15) is 11.3 Å². The molecule has 0 aliphatic carbocycles. The van der Waals surface area contributed by atoms with Gasteiger partial charge in [0, 0.05) is 31.9 Å². The molecule has 0 unspecified atom stereocenters. The van der Waals surface area contributed by atoms with Crippen molar-refractivity contribution in [3.05, 3.63) is 23.4 Å². The van der Waals surface area contributed by atoms with E-state index in [0.717, 1.165) is 43.3 Å². The summed E-state index contributed by atoms with van der Waals surface area (Å²) in [7, 11) is 2.14. The zero-order valence-corrected chi connectivity index (χ0v) is 9.98. The van der Waals surface area contributed by atoms with Crippen LogP contribution in [0.4, 0.5) is 5.82 Å². The average molecular weight is 221 g/mol. The molecule has 0 amide bonds. The van der Waals surface area contributed by atoms with Gasteiger partial charge in [-0.15, -0.1) is 0 Å². The van der Waals surface area contributed by atoms with Crippen molar-refractivity contribution in [2.45, 2.75) is 13.5 Å². The lowest BCUT2D eigenvalue weighted by molar-refractivity contribution is 0.280. The lowest BCUT2D eigenvalue weighted by atomic mass is 10.2. The minimum atomic E-state index is 0.0713. The Morgan fingerprint density at radius 2 is 1.94 bits per heavy atom. The lowest BCUT2D eigenvalue weighted by Gasteiger charge is -2.33. The van der Waals surface area contributed by atoms with Crippen LogP contribution in [-0.4, -0.2) is 48.2 Å². The number of nitrogens with zero attached hydrogens (tertiary/aromatic N) is 3. The molecule has 2 rings (SSSR count). The van der Waals surface area contributed by atoms with E-state index in [0.29, 0.717) is 0 Å². The smallest absolute Gasteiger partial charge is 0.128 e. The van der Waals surface area contributed by atoms with E-state index in [4.69, 9.17) is 5.11 Å². The van der Waals surface area contributed by atoms with E-state index in [1.165, 1.54) is 0 Å². The summed E-state index contributed by atoms with van der Waals surface area (Å²) < 4.78 is 0. The van der Waals surface area contributed by atoms with Gasteiger partial charge in [-0.2, -0.15) is 0 Å². The molecule has 0 radical (unpaired) electrons. The average Bonchev–Trinajstić information content (AvgIpc) is 2.30. The number of aromatic nitrogens is 1. The Labute approximate surface area is 96.5 Å². The van der Waals surface area contributed by atoms with E-state index in [1.54, 1.807) is 0 Å². The van der Waals surface area contributed by atoms with Crippen molar-refractivity contribution in [2.24, 2.45) is 0 Å². The summed E-state index contributed by atoms with van der Waals surface area (Å²) in [4.78, 5) is 9.16.